The van der Waals surface area contributed by atoms with E-state index in [9.17, 15) is 28.7 Å². The van der Waals surface area contributed by atoms with Crippen molar-refractivity contribution < 1.29 is 60.2 Å². The Hall–Kier alpha value is -4.54. The van der Waals surface area contributed by atoms with Crippen molar-refractivity contribution in [3.8, 4) is 11.5 Å². The molecule has 3 fully saturated rings. The third-order valence-electron chi connectivity index (χ3n) is 9.65. The number of hydrogen-bond donors (Lipinski definition) is 4. The fraction of sp³-hybridized carbons (Fsp3) is 0.382. The van der Waals surface area contributed by atoms with E-state index in [2.05, 4.69) is 15.0 Å². The maximum Gasteiger partial charge on any atom is 0.472 e. The summed E-state index contributed by atoms with van der Waals surface area (Å²) >= 11 is 0.613. The van der Waals surface area contributed by atoms with Gasteiger partial charge in [0.2, 0.25) is 0 Å². The Morgan fingerprint density at radius 1 is 0.949 bits per heavy atom. The van der Waals surface area contributed by atoms with Gasteiger partial charge in [0.25, 0.3) is 5.56 Å². The van der Waals surface area contributed by atoms with Crippen LogP contribution in [-0.4, -0.2) is 89.0 Å². The largest absolute Gasteiger partial charge is 0.508 e. The first-order valence-electron chi connectivity index (χ1n) is 17.7. The number of halogens is 2. The lowest BCUT2D eigenvalue weighted by atomic mass is 10.1. The summed E-state index contributed by atoms with van der Waals surface area (Å²) in [6.45, 7) is -4.41. The third kappa shape index (κ3) is 8.71. The van der Waals surface area contributed by atoms with Gasteiger partial charge in [-0.05, 0) is 59.3 Å². The highest BCUT2D eigenvalue weighted by Gasteiger charge is 2.55. The average Bonchev–Trinajstić information content (AvgIpc) is 3.85. The molecule has 5 N–H and O–H groups in total. The maximum absolute atomic E-state index is 16.4. The smallest absolute Gasteiger partial charge is 0.472 e. The number of nitrogens with two attached hydrogens (primary N) is 1. The van der Waals surface area contributed by atoms with Gasteiger partial charge in [0.05, 0.1) is 19.5 Å². The molecule has 3 aromatic heterocycles. The van der Waals surface area contributed by atoms with E-state index < -0.39 is 88.3 Å². The number of aromatic nitrogens is 6. The summed E-state index contributed by atoms with van der Waals surface area (Å²) in [7, 11) is -5.25. The number of hydrogen-bond acceptors (Lipinski definition) is 17. The number of phosphoric acid groups is 1. The average molecular weight is 882 g/mol. The van der Waals surface area contributed by atoms with Gasteiger partial charge in [-0.3, -0.25) is 37.0 Å². The van der Waals surface area contributed by atoms with Crippen LogP contribution in [0, 0.1) is 6.92 Å². The lowest BCUT2D eigenvalue weighted by Crippen LogP contribution is -2.38. The van der Waals surface area contributed by atoms with Crippen LogP contribution in [0.2, 0.25) is 0 Å². The van der Waals surface area contributed by atoms with Crippen molar-refractivity contribution in [2.45, 2.75) is 68.5 Å². The molecule has 314 valence electrons. The number of aromatic amines is 1. The van der Waals surface area contributed by atoms with Crippen LogP contribution in [0.5, 0.6) is 11.5 Å². The van der Waals surface area contributed by atoms with Crippen molar-refractivity contribution in [1.29, 1.82) is 0 Å². The van der Waals surface area contributed by atoms with Gasteiger partial charge < -0.3 is 29.9 Å². The monoisotopic (exact) mass is 881 g/mol. The number of H-pyrrole nitrogens is 1. The zero-order valence-corrected chi connectivity index (χ0v) is 33.2. The number of aryl methyl sites for hydroxylation is 1. The second-order valence-electron chi connectivity index (χ2n) is 13.6. The summed E-state index contributed by atoms with van der Waals surface area (Å²) in [5, 5.41) is 9.70. The zero-order valence-electron chi connectivity index (χ0n) is 30.6. The van der Waals surface area contributed by atoms with E-state index in [4.69, 9.17) is 38.0 Å². The Morgan fingerprint density at radius 2 is 1.64 bits per heavy atom. The highest BCUT2D eigenvalue weighted by Crippen LogP contribution is 2.65. The van der Waals surface area contributed by atoms with Crippen molar-refractivity contribution in [2.75, 3.05) is 18.9 Å². The van der Waals surface area contributed by atoms with Gasteiger partial charge in [0.1, 0.15) is 54.4 Å². The maximum atomic E-state index is 16.4. The number of benzene rings is 2. The number of phenolic OH excluding ortho intramolecular Hbond substituents is 1. The van der Waals surface area contributed by atoms with Gasteiger partial charge >= 0.3 is 20.3 Å². The van der Waals surface area contributed by atoms with Crippen LogP contribution in [-0.2, 0) is 49.1 Å². The molecule has 5 aromatic rings. The van der Waals surface area contributed by atoms with Crippen LogP contribution in [0.4, 0.5) is 14.6 Å². The lowest BCUT2D eigenvalue weighted by molar-refractivity contribution is -0.0648. The molecule has 3 saturated heterocycles. The Kier molecular flexibility index (Phi) is 11.5. The summed E-state index contributed by atoms with van der Waals surface area (Å²) in [4.78, 5) is 49.6. The molecule has 59 heavy (non-hydrogen) atoms. The van der Waals surface area contributed by atoms with E-state index >= 15 is 8.78 Å². The number of anilines is 1. The molecule has 1 unspecified atom stereocenters. The van der Waals surface area contributed by atoms with Gasteiger partial charge in [-0.1, -0.05) is 18.2 Å². The number of nitrogen functional groups attached to an aromatic ring is 1. The third-order valence-corrected chi connectivity index (χ3v) is 14.3. The molecule has 0 spiro atoms. The minimum Gasteiger partial charge on any atom is -0.508 e. The fourth-order valence-electron chi connectivity index (χ4n) is 6.62. The van der Waals surface area contributed by atoms with Crippen LogP contribution in [0.1, 0.15) is 29.1 Å². The first-order valence-corrected chi connectivity index (χ1v) is 22.4. The van der Waals surface area contributed by atoms with Crippen molar-refractivity contribution in [1.82, 2.24) is 29.1 Å². The number of phenols is 1. The molecule has 3 aliphatic heterocycles. The topological polar surface area (TPSA) is 264 Å². The predicted molar refractivity (Wildman–Crippen MR) is 203 cm³/mol. The second-order valence-corrected chi connectivity index (χ2v) is 19.0. The Balaban J connectivity index is 1.08. The summed E-state index contributed by atoms with van der Waals surface area (Å²) in [6, 6.07) is 12.6. The Bertz CT molecular complexity index is 2570. The molecule has 0 amide bonds. The van der Waals surface area contributed by atoms with Crippen LogP contribution in [0.25, 0.3) is 11.2 Å². The molecule has 3 aliphatic rings. The van der Waals surface area contributed by atoms with Gasteiger partial charge in [-0.25, -0.2) is 37.7 Å². The summed E-state index contributed by atoms with van der Waals surface area (Å²) in [5.74, 6) is 0.551. The number of rotatable bonds is 8. The summed E-state index contributed by atoms with van der Waals surface area (Å²) in [5.41, 5.74) is 6.55. The van der Waals surface area contributed by atoms with Crippen LogP contribution in [0.3, 0.4) is 0 Å². The fourth-order valence-corrected chi connectivity index (χ4v) is 10.9. The number of alkyl halides is 2. The minimum atomic E-state index is -5.25. The predicted octanol–water partition coefficient (Wildman–Crippen LogP) is 3.98. The highest BCUT2D eigenvalue weighted by molar-refractivity contribution is 8.54. The molecule has 20 nitrogen and oxygen atoms in total. The summed E-state index contributed by atoms with van der Waals surface area (Å²) < 4.78 is 103. The standard InChI is InChI=1S/C34H35F2N7O13P2S/c1-17-10-20(44)5-4-19(17)11-50-21-6-2-18(3-7-21)14-59-58(49)52-13-23-25(35)28(33(54-23)43-16-40-27-30(37)38-15-39-31(27)43)55-57(47,48)51-12-22-26(36)29(56-58)32(53-22)42-9-8-24(45)41-34(42)46/h2-10,15-16,22-23,25-26,28-29,32-33,44H,11-14H2,1H3,(H,47,48)(H2,37,38,39)(H,41,45,46)/t22-,23-,25-,26-,28-,29-,32-,33-,58+/m1/s1. The van der Waals surface area contributed by atoms with E-state index in [1.165, 1.54) is 10.9 Å². The minimum absolute atomic E-state index is 0.0184. The molecule has 10 atom stereocenters. The Morgan fingerprint density at radius 3 is 2.36 bits per heavy atom. The first kappa shape index (κ1) is 41.2. The van der Waals surface area contributed by atoms with E-state index in [1.807, 2.05) is 11.9 Å². The molecule has 4 bridgehead atoms. The lowest BCUT2D eigenvalue weighted by Gasteiger charge is -2.27. The molecule has 6 heterocycles. The van der Waals surface area contributed by atoms with Crippen LogP contribution < -0.4 is 21.7 Å². The number of ether oxygens (including phenoxy) is 3. The molecule has 0 radical (unpaired) electrons. The van der Waals surface area contributed by atoms with Crippen LogP contribution >= 0.6 is 26.0 Å². The molecule has 25 heteroatoms. The van der Waals surface area contributed by atoms with Gasteiger partial charge in [-0.2, -0.15) is 0 Å². The molecular weight excluding hydrogens is 846 g/mol. The van der Waals surface area contributed by atoms with Gasteiger partial charge in [0.15, 0.2) is 36.3 Å². The zero-order chi connectivity index (χ0) is 41.6. The molecule has 0 aliphatic carbocycles. The van der Waals surface area contributed by atoms with E-state index in [0.717, 1.165) is 34.3 Å². The molecule has 8 rings (SSSR count). The molecule has 0 saturated carbocycles. The Labute approximate surface area is 335 Å². The number of phosphoric ester groups is 1. The van der Waals surface area contributed by atoms with Crippen molar-refractivity contribution in [3.63, 3.8) is 0 Å². The van der Waals surface area contributed by atoms with Crippen molar-refractivity contribution in [3.05, 3.63) is 105 Å². The van der Waals surface area contributed by atoms with Crippen LogP contribution in [0.15, 0.2) is 77.0 Å². The second kappa shape index (κ2) is 16.5. The number of imidazole rings is 1. The van der Waals surface area contributed by atoms with Gasteiger partial charge in [-0.15, -0.1) is 0 Å². The van der Waals surface area contributed by atoms with Gasteiger partial charge in [0, 0.05) is 18.0 Å². The van der Waals surface area contributed by atoms with Crippen molar-refractivity contribution in [2.24, 2.45) is 0 Å². The number of nitrogens with one attached hydrogen (secondary N) is 1. The number of fused-ring (bicyclic) bond motifs is 5. The number of aromatic hydroxyl groups is 1. The summed E-state index contributed by atoms with van der Waals surface area (Å²) in [6.07, 6.45) is -11.7. The quantitative estimate of drug-likeness (QED) is 0.161. The number of nitrogens with zero attached hydrogens (tertiary/aromatic N) is 5. The van der Waals surface area contributed by atoms with E-state index in [0.29, 0.717) is 22.7 Å². The van der Waals surface area contributed by atoms with E-state index in [-0.39, 0.29) is 35.1 Å². The van der Waals surface area contributed by atoms with E-state index in [1.54, 1.807) is 42.5 Å². The first-order chi connectivity index (χ1) is 28.2. The van der Waals surface area contributed by atoms with Crippen molar-refractivity contribution >= 4 is 43.0 Å². The SMILES string of the molecule is Cc1cc(O)ccc1COc1ccc(CS[P@@]2(=O)OC[C@H]3O[C@@H](n4cnc5c(N)ncnc54)[C@H](OP(=O)(O)OC[C@H]4O[C@@H](n5ccc(=O)[nH]c5=O)[C@H](O2)[C@@H]4F)[C@@H]3F)cc1. The normalized spacial score (nSPS) is 31.3. The molecular formula is C34H35F2N7O13P2S. The highest BCUT2D eigenvalue weighted by atomic mass is 32.7. The molecule has 2 aromatic carbocycles.